The molecule has 1 amide bonds. The van der Waals surface area contributed by atoms with E-state index in [0.29, 0.717) is 31.5 Å². The van der Waals surface area contributed by atoms with E-state index in [2.05, 4.69) is 15.3 Å². The molecule has 3 rings (SSSR count). The zero-order valence-corrected chi connectivity index (χ0v) is 14.4. The van der Waals surface area contributed by atoms with E-state index in [-0.39, 0.29) is 17.3 Å². The third-order valence-electron chi connectivity index (χ3n) is 4.12. The maximum atomic E-state index is 12.5. The quantitative estimate of drug-likeness (QED) is 0.674. The van der Waals surface area contributed by atoms with Crippen molar-refractivity contribution in [3.63, 3.8) is 0 Å². The molecule has 1 saturated heterocycles. The first kappa shape index (κ1) is 17.6. The second kappa shape index (κ2) is 7.34. The number of H-pyrrole nitrogens is 1. The van der Waals surface area contributed by atoms with Crippen molar-refractivity contribution in [2.45, 2.75) is 23.8 Å². The molecule has 0 aliphatic carbocycles. The molecule has 0 saturated carbocycles. The molecule has 1 aromatic carbocycles. The van der Waals surface area contributed by atoms with E-state index in [1.165, 1.54) is 28.6 Å². The first-order chi connectivity index (χ1) is 12.0. The number of nitrogens with one attached hydrogen (secondary N) is 2. The Kier molecular flexibility index (Phi) is 5.16. The normalized spacial score (nSPS) is 18.4. The SMILES string of the molecule is O=C(NCCc1cnc[nH]1)c1ccc(S(=O)(=O)N2CC[C@H](O)C2)cc1. The van der Waals surface area contributed by atoms with Crippen LogP contribution in [-0.4, -0.2) is 59.4 Å². The van der Waals surface area contributed by atoms with Gasteiger partial charge in [0.25, 0.3) is 5.91 Å². The van der Waals surface area contributed by atoms with Crippen LogP contribution >= 0.6 is 0 Å². The Morgan fingerprint density at radius 1 is 1.36 bits per heavy atom. The van der Waals surface area contributed by atoms with Gasteiger partial charge in [-0.15, -0.1) is 0 Å². The molecule has 2 aromatic rings. The zero-order valence-electron chi connectivity index (χ0n) is 13.6. The maximum absolute atomic E-state index is 12.5. The summed E-state index contributed by atoms with van der Waals surface area (Å²) in [4.78, 5) is 19.1. The molecular weight excluding hydrogens is 344 g/mol. The average Bonchev–Trinajstić information content (AvgIpc) is 3.27. The van der Waals surface area contributed by atoms with Gasteiger partial charge in [0.05, 0.1) is 17.3 Å². The molecule has 134 valence electrons. The number of carbonyl (C=O) groups excluding carboxylic acids is 1. The van der Waals surface area contributed by atoms with Gasteiger partial charge in [0.15, 0.2) is 0 Å². The number of aromatic nitrogens is 2. The standard InChI is InChI=1S/C16H20N4O4S/c21-14-6-8-20(10-14)25(23,24)15-3-1-12(2-4-15)16(22)18-7-5-13-9-17-11-19-13/h1-4,9,11,14,21H,5-8,10H2,(H,17,19)(H,18,22)/t14-/m0/s1. The Balaban J connectivity index is 1.60. The Morgan fingerprint density at radius 2 is 2.12 bits per heavy atom. The number of amides is 1. The lowest BCUT2D eigenvalue weighted by Crippen LogP contribution is -2.30. The molecule has 0 unspecified atom stereocenters. The number of β-amino-alcohol motifs (C(OH)–C–C–N with tert-alkyl or cyclic N) is 1. The highest BCUT2D eigenvalue weighted by Crippen LogP contribution is 2.21. The van der Waals surface area contributed by atoms with Crippen molar-refractivity contribution < 1.29 is 18.3 Å². The Hall–Kier alpha value is -2.23. The summed E-state index contributed by atoms with van der Waals surface area (Å²) in [5.74, 6) is -0.264. The van der Waals surface area contributed by atoms with Crippen LogP contribution in [0.1, 0.15) is 22.5 Å². The van der Waals surface area contributed by atoms with Gasteiger partial charge in [-0.1, -0.05) is 0 Å². The summed E-state index contributed by atoms with van der Waals surface area (Å²) in [6.07, 6.45) is 3.73. The number of hydrogen-bond donors (Lipinski definition) is 3. The average molecular weight is 364 g/mol. The lowest BCUT2D eigenvalue weighted by molar-refractivity contribution is 0.0954. The number of hydrogen-bond acceptors (Lipinski definition) is 5. The summed E-state index contributed by atoms with van der Waals surface area (Å²) < 4.78 is 26.2. The molecule has 2 heterocycles. The van der Waals surface area contributed by atoms with Crippen LogP contribution in [0.25, 0.3) is 0 Å². The largest absolute Gasteiger partial charge is 0.392 e. The third-order valence-corrected chi connectivity index (χ3v) is 5.99. The third kappa shape index (κ3) is 4.06. The van der Waals surface area contributed by atoms with Crippen molar-refractivity contribution in [3.8, 4) is 0 Å². The van der Waals surface area contributed by atoms with E-state index in [9.17, 15) is 18.3 Å². The fourth-order valence-electron chi connectivity index (χ4n) is 2.69. The van der Waals surface area contributed by atoms with Gasteiger partial charge >= 0.3 is 0 Å². The molecule has 0 radical (unpaired) electrons. The minimum atomic E-state index is -3.63. The summed E-state index contributed by atoms with van der Waals surface area (Å²) in [5.41, 5.74) is 1.32. The Labute approximate surface area is 145 Å². The molecule has 25 heavy (non-hydrogen) atoms. The summed E-state index contributed by atoms with van der Waals surface area (Å²) in [6.45, 7) is 0.865. The molecule has 1 aliphatic rings. The Bertz CT molecular complexity index is 818. The number of aliphatic hydroxyl groups is 1. The number of aromatic amines is 1. The van der Waals surface area contributed by atoms with Crippen LogP contribution in [0.4, 0.5) is 0 Å². The van der Waals surface area contributed by atoms with Crippen molar-refractivity contribution in [1.29, 1.82) is 0 Å². The predicted octanol–water partition coefficient (Wildman–Crippen LogP) is 0.138. The van der Waals surface area contributed by atoms with Gasteiger partial charge in [-0.25, -0.2) is 13.4 Å². The minimum absolute atomic E-state index is 0.109. The van der Waals surface area contributed by atoms with Crippen LogP contribution in [0.5, 0.6) is 0 Å². The maximum Gasteiger partial charge on any atom is 0.251 e. The second-order valence-electron chi connectivity index (χ2n) is 5.91. The fourth-order valence-corrected chi connectivity index (χ4v) is 4.18. The van der Waals surface area contributed by atoms with Gasteiger partial charge in [0.1, 0.15) is 0 Å². The van der Waals surface area contributed by atoms with Crippen molar-refractivity contribution >= 4 is 15.9 Å². The lowest BCUT2D eigenvalue weighted by Gasteiger charge is -2.15. The highest BCUT2D eigenvalue weighted by atomic mass is 32.2. The highest BCUT2D eigenvalue weighted by Gasteiger charge is 2.31. The number of rotatable bonds is 6. The molecule has 3 N–H and O–H groups in total. The molecule has 0 spiro atoms. The van der Waals surface area contributed by atoms with Gasteiger partial charge < -0.3 is 15.4 Å². The molecule has 1 aliphatic heterocycles. The molecule has 1 atom stereocenters. The van der Waals surface area contributed by atoms with E-state index in [0.717, 1.165) is 5.69 Å². The molecule has 8 nitrogen and oxygen atoms in total. The monoisotopic (exact) mass is 364 g/mol. The predicted molar refractivity (Wildman–Crippen MR) is 90.4 cm³/mol. The lowest BCUT2D eigenvalue weighted by atomic mass is 10.2. The van der Waals surface area contributed by atoms with Crippen LogP contribution in [0.15, 0.2) is 41.7 Å². The highest BCUT2D eigenvalue weighted by molar-refractivity contribution is 7.89. The van der Waals surface area contributed by atoms with E-state index in [1.807, 2.05) is 0 Å². The van der Waals surface area contributed by atoms with Crippen LogP contribution < -0.4 is 5.32 Å². The number of nitrogens with zero attached hydrogens (tertiary/aromatic N) is 2. The van der Waals surface area contributed by atoms with Gasteiger partial charge in [0, 0.05) is 43.5 Å². The summed E-state index contributed by atoms with van der Waals surface area (Å²) in [7, 11) is -3.63. The number of sulfonamides is 1. The zero-order chi connectivity index (χ0) is 17.9. The topological polar surface area (TPSA) is 115 Å². The van der Waals surface area contributed by atoms with E-state index < -0.39 is 16.1 Å². The van der Waals surface area contributed by atoms with Gasteiger partial charge in [-0.05, 0) is 30.7 Å². The summed E-state index contributed by atoms with van der Waals surface area (Å²) in [5, 5.41) is 12.3. The number of benzene rings is 1. The van der Waals surface area contributed by atoms with Crippen LogP contribution in [-0.2, 0) is 16.4 Å². The molecule has 1 aromatic heterocycles. The van der Waals surface area contributed by atoms with Gasteiger partial charge in [-0.3, -0.25) is 4.79 Å². The van der Waals surface area contributed by atoms with Crippen LogP contribution in [0.2, 0.25) is 0 Å². The Morgan fingerprint density at radius 3 is 2.72 bits per heavy atom. The molecular formula is C16H20N4O4S. The number of imidazole rings is 1. The van der Waals surface area contributed by atoms with Crippen LogP contribution in [0, 0.1) is 0 Å². The van der Waals surface area contributed by atoms with Gasteiger partial charge in [-0.2, -0.15) is 4.31 Å². The minimum Gasteiger partial charge on any atom is -0.392 e. The van der Waals surface area contributed by atoms with Crippen LogP contribution in [0.3, 0.4) is 0 Å². The van der Waals surface area contributed by atoms with E-state index in [1.54, 1.807) is 12.5 Å². The first-order valence-electron chi connectivity index (χ1n) is 8.00. The molecule has 1 fully saturated rings. The number of carbonyl (C=O) groups is 1. The van der Waals surface area contributed by atoms with E-state index >= 15 is 0 Å². The van der Waals surface area contributed by atoms with Crippen molar-refractivity contribution in [3.05, 3.63) is 48.0 Å². The fraction of sp³-hybridized carbons (Fsp3) is 0.375. The summed E-state index contributed by atoms with van der Waals surface area (Å²) >= 11 is 0. The number of aliphatic hydroxyl groups excluding tert-OH is 1. The van der Waals surface area contributed by atoms with E-state index in [4.69, 9.17) is 0 Å². The summed E-state index contributed by atoms with van der Waals surface area (Å²) in [6, 6.07) is 5.82. The molecule has 0 bridgehead atoms. The van der Waals surface area contributed by atoms with Crippen molar-refractivity contribution in [2.75, 3.05) is 19.6 Å². The first-order valence-corrected chi connectivity index (χ1v) is 9.44. The van der Waals surface area contributed by atoms with Gasteiger partial charge in [0.2, 0.25) is 10.0 Å². The van der Waals surface area contributed by atoms with Crippen molar-refractivity contribution in [1.82, 2.24) is 19.6 Å². The smallest absolute Gasteiger partial charge is 0.251 e. The van der Waals surface area contributed by atoms with Crippen molar-refractivity contribution in [2.24, 2.45) is 0 Å². The second-order valence-corrected chi connectivity index (χ2v) is 7.85. The molecule has 9 heteroatoms.